The first-order valence-electron chi connectivity index (χ1n) is 7.02. The fourth-order valence-corrected chi connectivity index (χ4v) is 3.33. The predicted molar refractivity (Wildman–Crippen MR) is 79.1 cm³/mol. The van der Waals surface area contributed by atoms with Crippen molar-refractivity contribution in [2.45, 2.75) is 25.2 Å². The Morgan fingerprint density at radius 3 is 2.95 bits per heavy atom. The second-order valence-electron chi connectivity index (χ2n) is 5.78. The molecular formula is C16H22N2O. The van der Waals surface area contributed by atoms with Crippen molar-refractivity contribution >= 4 is 10.9 Å². The lowest BCUT2D eigenvalue weighted by Crippen LogP contribution is -2.23. The topological polar surface area (TPSA) is 28.3 Å². The average Bonchev–Trinajstić information content (AvgIpc) is 2.76. The Morgan fingerprint density at radius 2 is 2.21 bits per heavy atom. The third-order valence-electron chi connectivity index (χ3n) is 4.10. The molecule has 1 aromatic carbocycles. The number of hydrogen-bond donors (Lipinski definition) is 1. The maximum Gasteiger partial charge on any atom is 0.119 e. The van der Waals surface area contributed by atoms with Crippen LogP contribution in [0.3, 0.4) is 0 Å². The summed E-state index contributed by atoms with van der Waals surface area (Å²) in [6, 6.07) is 6.35. The first kappa shape index (κ1) is 12.5. The van der Waals surface area contributed by atoms with Crippen LogP contribution in [0.15, 0.2) is 18.2 Å². The van der Waals surface area contributed by atoms with Gasteiger partial charge >= 0.3 is 0 Å². The molecule has 3 nitrogen and oxygen atoms in total. The molecule has 1 aliphatic rings. The molecule has 0 bridgehead atoms. The zero-order chi connectivity index (χ0) is 13.4. The minimum absolute atomic E-state index is 0.639. The Morgan fingerprint density at radius 1 is 1.37 bits per heavy atom. The van der Waals surface area contributed by atoms with E-state index in [-0.39, 0.29) is 0 Å². The Hall–Kier alpha value is -1.48. The van der Waals surface area contributed by atoms with E-state index in [9.17, 15) is 0 Å². The molecule has 1 atom stereocenters. The summed E-state index contributed by atoms with van der Waals surface area (Å²) in [5.74, 6) is 1.59. The number of ether oxygens (including phenoxy) is 1. The van der Waals surface area contributed by atoms with E-state index >= 15 is 0 Å². The van der Waals surface area contributed by atoms with Gasteiger partial charge in [-0.2, -0.15) is 0 Å². The van der Waals surface area contributed by atoms with Gasteiger partial charge in [-0.1, -0.05) is 0 Å². The lowest BCUT2D eigenvalue weighted by Gasteiger charge is -2.26. The van der Waals surface area contributed by atoms with Gasteiger partial charge < -0.3 is 14.6 Å². The highest BCUT2D eigenvalue weighted by Crippen LogP contribution is 2.38. The Balaban J connectivity index is 2.11. The van der Waals surface area contributed by atoms with Crippen molar-refractivity contribution in [1.29, 1.82) is 0 Å². The normalized spacial score (nSPS) is 18.8. The fourth-order valence-electron chi connectivity index (χ4n) is 3.33. The van der Waals surface area contributed by atoms with Crippen LogP contribution in [0.5, 0.6) is 5.75 Å². The van der Waals surface area contributed by atoms with E-state index in [0.717, 1.165) is 12.3 Å². The number of nitrogens with one attached hydrogen (secondary N) is 1. The van der Waals surface area contributed by atoms with Gasteiger partial charge in [0, 0.05) is 23.1 Å². The summed E-state index contributed by atoms with van der Waals surface area (Å²) in [6.45, 7) is 1.12. The van der Waals surface area contributed by atoms with Crippen LogP contribution >= 0.6 is 0 Å². The molecule has 1 unspecified atom stereocenters. The summed E-state index contributed by atoms with van der Waals surface area (Å²) in [5.41, 5.74) is 4.20. The summed E-state index contributed by atoms with van der Waals surface area (Å²) in [6.07, 6.45) is 3.75. The van der Waals surface area contributed by atoms with Crippen molar-refractivity contribution < 1.29 is 4.74 Å². The maximum atomic E-state index is 5.37. The average molecular weight is 258 g/mol. The van der Waals surface area contributed by atoms with Gasteiger partial charge in [-0.3, -0.25) is 0 Å². The van der Waals surface area contributed by atoms with Gasteiger partial charge in [-0.25, -0.2) is 0 Å². The molecule has 0 radical (unpaired) electrons. The van der Waals surface area contributed by atoms with Crippen LogP contribution in [-0.2, 0) is 6.42 Å². The molecule has 0 fully saturated rings. The number of H-pyrrole nitrogens is 1. The van der Waals surface area contributed by atoms with Crippen molar-refractivity contribution in [3.8, 4) is 5.75 Å². The number of aromatic amines is 1. The third kappa shape index (κ3) is 2.23. The second-order valence-corrected chi connectivity index (χ2v) is 5.78. The molecule has 1 heterocycles. The molecular weight excluding hydrogens is 236 g/mol. The summed E-state index contributed by atoms with van der Waals surface area (Å²) in [4.78, 5) is 5.89. The van der Waals surface area contributed by atoms with E-state index < -0.39 is 0 Å². The summed E-state index contributed by atoms with van der Waals surface area (Å²) in [7, 11) is 6.05. The zero-order valence-electron chi connectivity index (χ0n) is 12.0. The zero-order valence-corrected chi connectivity index (χ0v) is 12.0. The van der Waals surface area contributed by atoms with Gasteiger partial charge in [0.2, 0.25) is 0 Å². The van der Waals surface area contributed by atoms with Gasteiger partial charge in [0.25, 0.3) is 0 Å². The molecule has 0 amide bonds. The van der Waals surface area contributed by atoms with Gasteiger partial charge in [0.05, 0.1) is 7.11 Å². The number of rotatable bonds is 3. The maximum absolute atomic E-state index is 5.37. The first-order valence-corrected chi connectivity index (χ1v) is 7.02. The van der Waals surface area contributed by atoms with E-state index in [1.165, 1.54) is 41.4 Å². The minimum atomic E-state index is 0.639. The molecule has 3 heteroatoms. The second kappa shape index (κ2) is 4.89. The van der Waals surface area contributed by atoms with Crippen molar-refractivity contribution in [3.63, 3.8) is 0 Å². The lowest BCUT2D eigenvalue weighted by atomic mass is 9.85. The smallest absolute Gasteiger partial charge is 0.119 e. The van der Waals surface area contributed by atoms with Gasteiger partial charge in [0.15, 0.2) is 0 Å². The molecule has 102 valence electrons. The van der Waals surface area contributed by atoms with Crippen LogP contribution in [0.25, 0.3) is 10.9 Å². The fraction of sp³-hybridized carbons (Fsp3) is 0.500. The number of benzene rings is 1. The molecule has 0 saturated carbocycles. The predicted octanol–water partition coefficient (Wildman–Crippen LogP) is 3.16. The molecule has 19 heavy (non-hydrogen) atoms. The van der Waals surface area contributed by atoms with Crippen LogP contribution in [-0.4, -0.2) is 37.6 Å². The number of hydrogen-bond acceptors (Lipinski definition) is 2. The highest BCUT2D eigenvalue weighted by molar-refractivity contribution is 5.87. The molecule has 0 saturated heterocycles. The van der Waals surface area contributed by atoms with Crippen LogP contribution in [0, 0.1) is 0 Å². The Kier molecular flexibility index (Phi) is 3.23. The quantitative estimate of drug-likeness (QED) is 0.916. The first-order chi connectivity index (χ1) is 9.19. The van der Waals surface area contributed by atoms with E-state index in [1.807, 2.05) is 6.07 Å². The van der Waals surface area contributed by atoms with Crippen molar-refractivity contribution in [1.82, 2.24) is 9.88 Å². The van der Waals surface area contributed by atoms with Gasteiger partial charge in [-0.15, -0.1) is 0 Å². The Bertz CT molecular complexity index is 586. The molecule has 0 aliphatic heterocycles. The van der Waals surface area contributed by atoms with E-state index in [4.69, 9.17) is 4.74 Å². The summed E-state index contributed by atoms with van der Waals surface area (Å²) >= 11 is 0. The summed E-state index contributed by atoms with van der Waals surface area (Å²) < 4.78 is 5.37. The minimum Gasteiger partial charge on any atom is -0.497 e. The molecule has 3 rings (SSSR count). The van der Waals surface area contributed by atoms with Crippen LogP contribution in [0.4, 0.5) is 0 Å². The standard InChI is InChI=1S/C16H22N2O/c1-18(2)10-11-5-4-6-15-16(11)13-9-12(19-3)7-8-14(13)17-15/h7-9,11,17H,4-6,10H2,1-3H3. The number of nitrogens with zero attached hydrogens (tertiary/aromatic N) is 1. The number of aryl methyl sites for hydroxylation is 1. The lowest BCUT2D eigenvalue weighted by molar-refractivity contribution is 0.353. The van der Waals surface area contributed by atoms with E-state index in [1.54, 1.807) is 7.11 Å². The SMILES string of the molecule is COc1ccc2[nH]c3c(c2c1)C(CN(C)C)CCC3. The Labute approximate surface area is 114 Å². The van der Waals surface area contributed by atoms with Crippen LogP contribution < -0.4 is 4.74 Å². The number of likely N-dealkylation sites (N-methyl/N-ethyl adjacent to an activating group) is 1. The highest BCUT2D eigenvalue weighted by Gasteiger charge is 2.25. The van der Waals surface area contributed by atoms with E-state index in [2.05, 4.69) is 36.1 Å². The van der Waals surface area contributed by atoms with Crippen LogP contribution in [0.1, 0.15) is 30.0 Å². The molecule has 1 N–H and O–H groups in total. The molecule has 2 aromatic rings. The van der Waals surface area contributed by atoms with Crippen molar-refractivity contribution in [3.05, 3.63) is 29.5 Å². The molecule has 0 spiro atoms. The highest BCUT2D eigenvalue weighted by atomic mass is 16.5. The molecule has 1 aromatic heterocycles. The molecule has 1 aliphatic carbocycles. The van der Waals surface area contributed by atoms with Crippen molar-refractivity contribution in [2.24, 2.45) is 0 Å². The largest absolute Gasteiger partial charge is 0.497 e. The number of fused-ring (bicyclic) bond motifs is 3. The van der Waals surface area contributed by atoms with Crippen molar-refractivity contribution in [2.75, 3.05) is 27.7 Å². The third-order valence-corrected chi connectivity index (χ3v) is 4.10. The van der Waals surface area contributed by atoms with Gasteiger partial charge in [0.1, 0.15) is 5.75 Å². The number of methoxy groups -OCH3 is 1. The van der Waals surface area contributed by atoms with Crippen LogP contribution in [0.2, 0.25) is 0 Å². The van der Waals surface area contributed by atoms with Gasteiger partial charge in [-0.05, 0) is 63.0 Å². The van der Waals surface area contributed by atoms with E-state index in [0.29, 0.717) is 5.92 Å². The number of aromatic nitrogens is 1. The summed E-state index contributed by atoms with van der Waals surface area (Å²) in [5, 5.41) is 1.35. The monoisotopic (exact) mass is 258 g/mol.